The molecule has 1 aromatic rings. The second-order valence-electron chi connectivity index (χ2n) is 3.74. The van der Waals surface area contributed by atoms with Gasteiger partial charge in [0.2, 0.25) is 0 Å². The largest absolute Gasteiger partial charge is 0.497 e. The zero-order valence-corrected chi connectivity index (χ0v) is 11.5. The molecule has 0 saturated carbocycles. The minimum atomic E-state index is -0.641. The van der Waals surface area contributed by atoms with Crippen LogP contribution < -0.4 is 14.8 Å². The molecule has 0 unspecified atom stereocenters. The van der Waals surface area contributed by atoms with E-state index in [0.717, 1.165) is 0 Å². The summed E-state index contributed by atoms with van der Waals surface area (Å²) in [6.07, 6.45) is 1.53. The molecule has 6 heteroatoms. The van der Waals surface area contributed by atoms with Crippen LogP contribution in [0.2, 0.25) is 0 Å². The number of hydrogen-bond donors (Lipinski definition) is 1. The van der Waals surface area contributed by atoms with Gasteiger partial charge in [-0.25, -0.2) is 4.79 Å². The lowest BCUT2D eigenvalue weighted by atomic mass is 10.2. The van der Waals surface area contributed by atoms with Gasteiger partial charge in [-0.3, -0.25) is 4.79 Å². The first-order chi connectivity index (χ1) is 9.62. The molecule has 108 valence electrons. The van der Waals surface area contributed by atoms with E-state index in [1.54, 1.807) is 12.1 Å². The molecule has 0 aliphatic carbocycles. The molecule has 0 aliphatic rings. The van der Waals surface area contributed by atoms with E-state index in [9.17, 15) is 9.59 Å². The molecular weight excluding hydrogens is 262 g/mol. The SMILES string of the molecule is C=CCNC(=O)COC(=O)c1ccc(OC)cc1OC. The third-order valence-electron chi connectivity index (χ3n) is 2.41. The van der Waals surface area contributed by atoms with E-state index in [1.165, 1.54) is 26.4 Å². The molecule has 20 heavy (non-hydrogen) atoms. The smallest absolute Gasteiger partial charge is 0.342 e. The summed E-state index contributed by atoms with van der Waals surface area (Å²) in [6, 6.07) is 4.69. The Morgan fingerprint density at radius 1 is 1.30 bits per heavy atom. The summed E-state index contributed by atoms with van der Waals surface area (Å²) in [4.78, 5) is 23.2. The number of hydrogen-bond acceptors (Lipinski definition) is 5. The number of rotatable bonds is 7. The van der Waals surface area contributed by atoms with E-state index >= 15 is 0 Å². The number of ether oxygens (including phenoxy) is 3. The maximum Gasteiger partial charge on any atom is 0.342 e. The van der Waals surface area contributed by atoms with Crippen LogP contribution in [-0.4, -0.2) is 39.2 Å². The van der Waals surface area contributed by atoms with Crippen LogP contribution in [0.25, 0.3) is 0 Å². The number of carbonyl (C=O) groups is 2. The summed E-state index contributed by atoms with van der Waals surface area (Å²) in [6.45, 7) is 3.43. The summed E-state index contributed by atoms with van der Waals surface area (Å²) in [5, 5.41) is 2.50. The van der Waals surface area contributed by atoms with Gasteiger partial charge in [-0.1, -0.05) is 6.08 Å². The van der Waals surface area contributed by atoms with E-state index < -0.39 is 11.9 Å². The average Bonchev–Trinajstić information content (AvgIpc) is 2.49. The highest BCUT2D eigenvalue weighted by Gasteiger charge is 2.15. The lowest BCUT2D eigenvalue weighted by Gasteiger charge is -2.10. The van der Waals surface area contributed by atoms with E-state index in [1.807, 2.05) is 0 Å². The Balaban J connectivity index is 2.67. The van der Waals surface area contributed by atoms with Gasteiger partial charge >= 0.3 is 5.97 Å². The van der Waals surface area contributed by atoms with Crippen molar-refractivity contribution in [1.82, 2.24) is 5.32 Å². The van der Waals surface area contributed by atoms with Gasteiger partial charge in [0.15, 0.2) is 6.61 Å². The fourth-order valence-electron chi connectivity index (χ4n) is 1.41. The highest BCUT2D eigenvalue weighted by molar-refractivity contribution is 5.94. The Morgan fingerprint density at radius 3 is 2.65 bits per heavy atom. The zero-order valence-electron chi connectivity index (χ0n) is 11.5. The normalized spacial score (nSPS) is 9.50. The van der Waals surface area contributed by atoms with Crippen LogP contribution in [0.1, 0.15) is 10.4 Å². The molecule has 0 aromatic heterocycles. The second kappa shape index (κ2) is 7.83. The predicted octanol–water partition coefficient (Wildman–Crippen LogP) is 1.16. The van der Waals surface area contributed by atoms with Crippen LogP contribution in [0, 0.1) is 0 Å². The van der Waals surface area contributed by atoms with Gasteiger partial charge in [-0.15, -0.1) is 6.58 Å². The van der Waals surface area contributed by atoms with Crippen molar-refractivity contribution in [2.45, 2.75) is 0 Å². The van der Waals surface area contributed by atoms with Crippen molar-refractivity contribution in [3.05, 3.63) is 36.4 Å². The minimum Gasteiger partial charge on any atom is -0.497 e. The molecule has 1 aromatic carbocycles. The third kappa shape index (κ3) is 4.31. The van der Waals surface area contributed by atoms with Crippen LogP contribution >= 0.6 is 0 Å². The Hall–Kier alpha value is -2.50. The highest BCUT2D eigenvalue weighted by Crippen LogP contribution is 2.25. The number of methoxy groups -OCH3 is 2. The van der Waals surface area contributed by atoms with Crippen LogP contribution in [0.5, 0.6) is 11.5 Å². The number of nitrogens with one attached hydrogen (secondary N) is 1. The first-order valence-electron chi connectivity index (χ1n) is 5.89. The van der Waals surface area contributed by atoms with Crippen LogP contribution in [0.3, 0.4) is 0 Å². The Kier molecular flexibility index (Phi) is 6.09. The Bertz CT molecular complexity index is 498. The number of benzene rings is 1. The molecule has 1 N–H and O–H groups in total. The zero-order chi connectivity index (χ0) is 15.0. The van der Waals surface area contributed by atoms with Gasteiger partial charge in [0.25, 0.3) is 5.91 Å². The molecule has 0 aliphatic heterocycles. The molecule has 6 nitrogen and oxygen atoms in total. The summed E-state index contributed by atoms with van der Waals surface area (Å²) in [5.41, 5.74) is 0.227. The highest BCUT2D eigenvalue weighted by atomic mass is 16.5. The van der Waals surface area contributed by atoms with Crippen molar-refractivity contribution in [1.29, 1.82) is 0 Å². The maximum absolute atomic E-state index is 11.9. The first kappa shape index (κ1) is 15.6. The monoisotopic (exact) mass is 279 g/mol. The topological polar surface area (TPSA) is 73.9 Å². The number of esters is 1. The third-order valence-corrected chi connectivity index (χ3v) is 2.41. The van der Waals surface area contributed by atoms with E-state index in [-0.39, 0.29) is 12.2 Å². The van der Waals surface area contributed by atoms with Gasteiger partial charge in [-0.2, -0.15) is 0 Å². The van der Waals surface area contributed by atoms with Crippen molar-refractivity contribution < 1.29 is 23.8 Å². The molecule has 0 bridgehead atoms. The molecule has 0 saturated heterocycles. The predicted molar refractivity (Wildman–Crippen MR) is 73.0 cm³/mol. The minimum absolute atomic E-state index is 0.227. The first-order valence-corrected chi connectivity index (χ1v) is 5.89. The summed E-state index contributed by atoms with van der Waals surface area (Å²) in [5.74, 6) is -0.160. The van der Waals surface area contributed by atoms with Crippen molar-refractivity contribution in [2.75, 3.05) is 27.4 Å². The van der Waals surface area contributed by atoms with Crippen molar-refractivity contribution in [3.63, 3.8) is 0 Å². The van der Waals surface area contributed by atoms with E-state index in [4.69, 9.17) is 14.2 Å². The molecule has 0 fully saturated rings. The number of carbonyl (C=O) groups excluding carboxylic acids is 2. The fourth-order valence-corrected chi connectivity index (χ4v) is 1.41. The summed E-state index contributed by atoms with van der Waals surface area (Å²) >= 11 is 0. The van der Waals surface area contributed by atoms with Gasteiger partial charge < -0.3 is 19.5 Å². The van der Waals surface area contributed by atoms with E-state index in [0.29, 0.717) is 18.0 Å². The molecule has 0 heterocycles. The standard InChI is InChI=1S/C14H17NO5/c1-4-7-15-13(16)9-20-14(17)11-6-5-10(18-2)8-12(11)19-3/h4-6,8H,1,7,9H2,2-3H3,(H,15,16). The van der Waals surface area contributed by atoms with E-state index in [2.05, 4.69) is 11.9 Å². The van der Waals surface area contributed by atoms with Gasteiger partial charge in [0, 0.05) is 12.6 Å². The lowest BCUT2D eigenvalue weighted by molar-refractivity contribution is -0.124. The van der Waals surface area contributed by atoms with Crippen LogP contribution in [0.4, 0.5) is 0 Å². The van der Waals surface area contributed by atoms with Gasteiger partial charge in [0.05, 0.1) is 14.2 Å². The van der Waals surface area contributed by atoms with Crippen molar-refractivity contribution >= 4 is 11.9 Å². The van der Waals surface area contributed by atoms with Crippen molar-refractivity contribution in [2.24, 2.45) is 0 Å². The molecular formula is C14H17NO5. The van der Waals surface area contributed by atoms with Crippen molar-refractivity contribution in [3.8, 4) is 11.5 Å². The molecule has 0 spiro atoms. The number of amides is 1. The lowest BCUT2D eigenvalue weighted by Crippen LogP contribution is -2.28. The Morgan fingerprint density at radius 2 is 2.05 bits per heavy atom. The fraction of sp³-hybridized carbons (Fsp3) is 0.286. The summed E-state index contributed by atoms with van der Waals surface area (Å²) < 4.78 is 15.0. The summed E-state index contributed by atoms with van der Waals surface area (Å²) in [7, 11) is 2.94. The Labute approximate surface area is 117 Å². The molecule has 1 rings (SSSR count). The van der Waals surface area contributed by atoms with Crippen LogP contribution in [-0.2, 0) is 9.53 Å². The van der Waals surface area contributed by atoms with Crippen LogP contribution in [0.15, 0.2) is 30.9 Å². The quantitative estimate of drug-likeness (QED) is 0.599. The molecule has 0 atom stereocenters. The molecule has 0 radical (unpaired) electrons. The average molecular weight is 279 g/mol. The second-order valence-corrected chi connectivity index (χ2v) is 3.74. The van der Waals surface area contributed by atoms with Gasteiger partial charge in [-0.05, 0) is 12.1 Å². The maximum atomic E-state index is 11.9. The molecule has 1 amide bonds. The van der Waals surface area contributed by atoms with Gasteiger partial charge in [0.1, 0.15) is 17.1 Å².